The van der Waals surface area contributed by atoms with E-state index in [4.69, 9.17) is 27.9 Å². The predicted molar refractivity (Wildman–Crippen MR) is 74.4 cm³/mol. The molecule has 0 spiro atoms. The molecule has 0 amide bonds. The molecule has 2 nitrogen and oxygen atoms in total. The molecule has 2 rings (SSSR count). The highest BCUT2D eigenvalue weighted by Gasteiger charge is 2.35. The highest BCUT2D eigenvalue weighted by Crippen LogP contribution is 2.36. The van der Waals surface area contributed by atoms with Gasteiger partial charge in [0, 0.05) is 30.0 Å². The fourth-order valence-electron chi connectivity index (χ4n) is 2.68. The fourth-order valence-corrected chi connectivity index (χ4v) is 3.21. The minimum absolute atomic E-state index is 0.130. The Balaban J connectivity index is 2.17. The van der Waals surface area contributed by atoms with Crippen LogP contribution in [-0.4, -0.2) is 23.9 Å². The molecular weight excluding hydrogens is 271 g/mol. The molecule has 1 aliphatic carbocycles. The van der Waals surface area contributed by atoms with Crippen LogP contribution in [0, 0.1) is 0 Å². The lowest BCUT2D eigenvalue weighted by atomic mass is 9.79. The molecule has 1 aromatic carbocycles. The first-order valence-electron chi connectivity index (χ1n) is 6.22. The van der Waals surface area contributed by atoms with Gasteiger partial charge in [0.2, 0.25) is 0 Å². The first-order valence-corrected chi connectivity index (χ1v) is 6.98. The Morgan fingerprint density at radius 1 is 1.39 bits per heavy atom. The summed E-state index contributed by atoms with van der Waals surface area (Å²) in [5.74, 6) is 0. The third kappa shape index (κ3) is 3.18. The van der Waals surface area contributed by atoms with Crippen molar-refractivity contribution in [2.24, 2.45) is 0 Å². The first kappa shape index (κ1) is 14.1. The quantitative estimate of drug-likeness (QED) is 0.915. The van der Waals surface area contributed by atoms with Crippen molar-refractivity contribution in [3.05, 3.63) is 33.8 Å². The van der Waals surface area contributed by atoms with Gasteiger partial charge in [-0.25, -0.2) is 0 Å². The van der Waals surface area contributed by atoms with Crippen molar-refractivity contribution in [2.75, 3.05) is 7.11 Å². The Labute approximate surface area is 118 Å². The van der Waals surface area contributed by atoms with Crippen LogP contribution in [0.15, 0.2) is 18.2 Å². The number of methoxy groups -OCH3 is 1. The normalized spacial score (nSPS) is 28.3. The standard InChI is InChI=1S/C14H18Cl2O2/c1-18-10-4-3-7-14(17,8-10)9-11-12(15)5-2-6-13(11)16/h2,5-6,10,17H,3-4,7-9H2,1H3. The zero-order chi connectivity index (χ0) is 13.2. The highest BCUT2D eigenvalue weighted by atomic mass is 35.5. The average Bonchev–Trinajstić information content (AvgIpc) is 2.34. The largest absolute Gasteiger partial charge is 0.389 e. The van der Waals surface area contributed by atoms with E-state index in [1.807, 2.05) is 18.2 Å². The van der Waals surface area contributed by atoms with E-state index in [2.05, 4.69) is 0 Å². The summed E-state index contributed by atoms with van der Waals surface area (Å²) >= 11 is 12.3. The third-order valence-electron chi connectivity index (χ3n) is 3.68. The van der Waals surface area contributed by atoms with Crippen LogP contribution in [-0.2, 0) is 11.2 Å². The van der Waals surface area contributed by atoms with E-state index in [0.29, 0.717) is 22.9 Å². The van der Waals surface area contributed by atoms with Gasteiger partial charge in [0.25, 0.3) is 0 Å². The molecule has 0 heterocycles. The monoisotopic (exact) mass is 288 g/mol. The van der Waals surface area contributed by atoms with Crippen LogP contribution in [0.4, 0.5) is 0 Å². The summed E-state index contributed by atoms with van der Waals surface area (Å²) in [5, 5.41) is 11.9. The third-order valence-corrected chi connectivity index (χ3v) is 4.38. The SMILES string of the molecule is COC1CCCC(O)(Cc2c(Cl)cccc2Cl)C1. The number of hydrogen-bond acceptors (Lipinski definition) is 2. The Morgan fingerprint density at radius 2 is 2.06 bits per heavy atom. The Hall–Kier alpha value is -0.280. The molecule has 1 aromatic rings. The van der Waals surface area contributed by atoms with E-state index in [-0.39, 0.29) is 6.10 Å². The number of rotatable bonds is 3. The molecule has 1 fully saturated rings. The molecule has 4 heteroatoms. The van der Waals surface area contributed by atoms with Crippen molar-refractivity contribution in [2.45, 2.75) is 43.8 Å². The van der Waals surface area contributed by atoms with Gasteiger partial charge in [-0.15, -0.1) is 0 Å². The van der Waals surface area contributed by atoms with Gasteiger partial charge in [-0.2, -0.15) is 0 Å². The zero-order valence-electron chi connectivity index (χ0n) is 10.5. The van der Waals surface area contributed by atoms with Crippen molar-refractivity contribution in [1.82, 2.24) is 0 Å². The second-order valence-electron chi connectivity index (χ2n) is 5.06. The van der Waals surface area contributed by atoms with Gasteiger partial charge < -0.3 is 9.84 Å². The predicted octanol–water partition coefficient (Wildman–Crippen LogP) is 3.86. The van der Waals surface area contributed by atoms with Crippen molar-refractivity contribution in [3.8, 4) is 0 Å². The van der Waals surface area contributed by atoms with Crippen molar-refractivity contribution in [3.63, 3.8) is 0 Å². The topological polar surface area (TPSA) is 29.5 Å². The lowest BCUT2D eigenvalue weighted by Crippen LogP contribution is -2.40. The van der Waals surface area contributed by atoms with Gasteiger partial charge in [-0.1, -0.05) is 29.3 Å². The van der Waals surface area contributed by atoms with E-state index in [1.165, 1.54) is 0 Å². The Morgan fingerprint density at radius 3 is 2.67 bits per heavy atom. The lowest BCUT2D eigenvalue weighted by molar-refractivity contribution is -0.0581. The number of aliphatic hydroxyl groups is 1. The molecule has 2 unspecified atom stereocenters. The zero-order valence-corrected chi connectivity index (χ0v) is 12.0. The molecule has 0 saturated heterocycles. The summed E-state index contributed by atoms with van der Waals surface area (Å²) in [4.78, 5) is 0. The minimum atomic E-state index is -0.756. The van der Waals surface area contributed by atoms with E-state index in [0.717, 1.165) is 24.8 Å². The number of ether oxygens (including phenoxy) is 1. The van der Waals surface area contributed by atoms with Gasteiger partial charge in [-0.05, 0) is 37.0 Å². The molecule has 0 aromatic heterocycles. The summed E-state index contributed by atoms with van der Waals surface area (Å²) in [6.45, 7) is 0. The molecule has 2 atom stereocenters. The number of benzene rings is 1. The summed E-state index contributed by atoms with van der Waals surface area (Å²) in [6.07, 6.45) is 4.02. The summed E-state index contributed by atoms with van der Waals surface area (Å²) < 4.78 is 5.36. The van der Waals surface area contributed by atoms with Crippen LogP contribution in [0.2, 0.25) is 10.0 Å². The van der Waals surface area contributed by atoms with Gasteiger partial charge in [-0.3, -0.25) is 0 Å². The minimum Gasteiger partial charge on any atom is -0.389 e. The maximum absolute atomic E-state index is 10.7. The summed E-state index contributed by atoms with van der Waals surface area (Å²) in [7, 11) is 1.69. The Bertz CT molecular complexity index is 402. The number of hydrogen-bond donors (Lipinski definition) is 1. The van der Waals surface area contributed by atoms with Crippen LogP contribution in [0.3, 0.4) is 0 Å². The second kappa shape index (κ2) is 5.79. The maximum Gasteiger partial charge on any atom is 0.0713 e. The smallest absolute Gasteiger partial charge is 0.0713 e. The second-order valence-corrected chi connectivity index (χ2v) is 5.87. The van der Waals surface area contributed by atoms with E-state index in [9.17, 15) is 5.11 Å². The molecule has 0 aliphatic heterocycles. The molecule has 0 bridgehead atoms. The van der Waals surface area contributed by atoms with Gasteiger partial charge in [0.15, 0.2) is 0 Å². The first-order chi connectivity index (χ1) is 8.54. The molecule has 18 heavy (non-hydrogen) atoms. The van der Waals surface area contributed by atoms with Crippen LogP contribution < -0.4 is 0 Å². The van der Waals surface area contributed by atoms with Crippen LogP contribution in [0.1, 0.15) is 31.2 Å². The Kier molecular flexibility index (Phi) is 4.54. The fraction of sp³-hybridized carbons (Fsp3) is 0.571. The van der Waals surface area contributed by atoms with Crippen molar-refractivity contribution in [1.29, 1.82) is 0 Å². The number of halogens is 2. The molecular formula is C14H18Cl2O2. The average molecular weight is 289 g/mol. The summed E-state index contributed by atoms with van der Waals surface area (Å²) in [5.41, 5.74) is 0.0770. The molecule has 1 N–H and O–H groups in total. The molecule has 0 radical (unpaired) electrons. The molecule has 1 saturated carbocycles. The van der Waals surface area contributed by atoms with Crippen LogP contribution >= 0.6 is 23.2 Å². The van der Waals surface area contributed by atoms with E-state index >= 15 is 0 Å². The highest BCUT2D eigenvalue weighted by molar-refractivity contribution is 6.36. The molecule has 100 valence electrons. The van der Waals surface area contributed by atoms with E-state index in [1.54, 1.807) is 7.11 Å². The van der Waals surface area contributed by atoms with E-state index < -0.39 is 5.60 Å². The maximum atomic E-state index is 10.7. The van der Waals surface area contributed by atoms with Gasteiger partial charge in [0.05, 0.1) is 11.7 Å². The van der Waals surface area contributed by atoms with Gasteiger partial charge >= 0.3 is 0 Å². The van der Waals surface area contributed by atoms with Gasteiger partial charge in [0.1, 0.15) is 0 Å². The summed E-state index contributed by atoms with van der Waals surface area (Å²) in [6, 6.07) is 5.43. The van der Waals surface area contributed by atoms with Crippen molar-refractivity contribution < 1.29 is 9.84 Å². The molecule has 1 aliphatic rings. The van der Waals surface area contributed by atoms with Crippen LogP contribution in [0.5, 0.6) is 0 Å². The van der Waals surface area contributed by atoms with Crippen molar-refractivity contribution >= 4 is 23.2 Å². The van der Waals surface area contributed by atoms with Crippen LogP contribution in [0.25, 0.3) is 0 Å². The lowest BCUT2D eigenvalue weighted by Gasteiger charge is -2.36.